The van der Waals surface area contributed by atoms with Gasteiger partial charge in [-0.25, -0.2) is 0 Å². The zero-order chi connectivity index (χ0) is 15.2. The number of hydrogen-bond acceptors (Lipinski definition) is 6. The van der Waals surface area contributed by atoms with Crippen LogP contribution in [0.2, 0.25) is 0 Å². The SMILES string of the molecule is COc1ccc(CN2CCOC(CN)C2)c(OC)c1OC. The largest absolute Gasteiger partial charge is 0.493 e. The molecule has 0 bridgehead atoms. The maximum atomic E-state index is 5.69. The van der Waals surface area contributed by atoms with Crippen molar-refractivity contribution in [1.82, 2.24) is 4.90 Å². The lowest BCUT2D eigenvalue weighted by molar-refractivity contribution is -0.0262. The summed E-state index contributed by atoms with van der Waals surface area (Å²) in [6.45, 7) is 3.72. The Morgan fingerprint density at radius 3 is 2.57 bits per heavy atom. The van der Waals surface area contributed by atoms with Crippen molar-refractivity contribution in [3.63, 3.8) is 0 Å². The number of methoxy groups -OCH3 is 3. The highest BCUT2D eigenvalue weighted by Crippen LogP contribution is 2.40. The van der Waals surface area contributed by atoms with Gasteiger partial charge in [0.05, 0.1) is 34.0 Å². The fourth-order valence-corrected chi connectivity index (χ4v) is 2.60. The Balaban J connectivity index is 2.19. The van der Waals surface area contributed by atoms with Crippen molar-refractivity contribution < 1.29 is 18.9 Å². The molecule has 1 unspecified atom stereocenters. The van der Waals surface area contributed by atoms with E-state index in [1.165, 1.54) is 0 Å². The summed E-state index contributed by atoms with van der Waals surface area (Å²) in [6.07, 6.45) is 0.102. The van der Waals surface area contributed by atoms with Crippen LogP contribution in [0.25, 0.3) is 0 Å². The van der Waals surface area contributed by atoms with Crippen LogP contribution >= 0.6 is 0 Å². The number of rotatable bonds is 6. The molecule has 1 aliphatic heterocycles. The fraction of sp³-hybridized carbons (Fsp3) is 0.600. The van der Waals surface area contributed by atoms with Crippen LogP contribution in [-0.2, 0) is 11.3 Å². The van der Waals surface area contributed by atoms with Crippen LogP contribution in [0.3, 0.4) is 0 Å². The second-order valence-corrected chi connectivity index (χ2v) is 4.96. The third-order valence-corrected chi connectivity index (χ3v) is 3.67. The molecule has 0 aliphatic carbocycles. The smallest absolute Gasteiger partial charge is 0.203 e. The summed E-state index contributed by atoms with van der Waals surface area (Å²) in [7, 11) is 4.87. The van der Waals surface area contributed by atoms with Crippen molar-refractivity contribution in [3.8, 4) is 17.2 Å². The first-order valence-corrected chi connectivity index (χ1v) is 7.05. The normalized spacial score (nSPS) is 19.3. The van der Waals surface area contributed by atoms with E-state index in [1.54, 1.807) is 21.3 Å². The summed E-state index contributed by atoms with van der Waals surface area (Å²) in [6, 6.07) is 3.91. The molecular weight excluding hydrogens is 272 g/mol. The van der Waals surface area contributed by atoms with E-state index >= 15 is 0 Å². The Labute approximate surface area is 125 Å². The predicted octanol–water partition coefficient (Wildman–Crippen LogP) is 0.872. The third kappa shape index (κ3) is 3.58. The molecule has 2 rings (SSSR count). The van der Waals surface area contributed by atoms with Gasteiger partial charge in [-0.05, 0) is 6.07 Å². The van der Waals surface area contributed by atoms with Gasteiger partial charge in [0.15, 0.2) is 11.5 Å². The lowest BCUT2D eigenvalue weighted by Crippen LogP contribution is -2.45. The zero-order valence-corrected chi connectivity index (χ0v) is 12.9. The number of morpholine rings is 1. The van der Waals surface area contributed by atoms with Gasteiger partial charge < -0.3 is 24.7 Å². The molecule has 1 saturated heterocycles. The predicted molar refractivity (Wildman–Crippen MR) is 80.2 cm³/mol. The first-order valence-electron chi connectivity index (χ1n) is 7.05. The van der Waals surface area contributed by atoms with E-state index in [4.69, 9.17) is 24.7 Å². The minimum absolute atomic E-state index is 0.102. The quantitative estimate of drug-likeness (QED) is 0.840. The van der Waals surface area contributed by atoms with Gasteiger partial charge in [0, 0.05) is 31.7 Å². The highest BCUT2D eigenvalue weighted by atomic mass is 16.5. The Kier molecular flexibility index (Phi) is 5.67. The second kappa shape index (κ2) is 7.49. The van der Waals surface area contributed by atoms with E-state index in [2.05, 4.69) is 4.90 Å². The van der Waals surface area contributed by atoms with Gasteiger partial charge in [-0.15, -0.1) is 0 Å². The summed E-state index contributed by atoms with van der Waals surface area (Å²) in [5.41, 5.74) is 6.75. The molecule has 1 aliphatic rings. The van der Waals surface area contributed by atoms with Crippen molar-refractivity contribution in [3.05, 3.63) is 17.7 Å². The number of nitrogens with two attached hydrogens (primary N) is 1. The number of ether oxygens (including phenoxy) is 4. The Morgan fingerprint density at radius 1 is 1.19 bits per heavy atom. The molecule has 1 aromatic rings. The Morgan fingerprint density at radius 2 is 1.95 bits per heavy atom. The van der Waals surface area contributed by atoms with Crippen molar-refractivity contribution >= 4 is 0 Å². The number of hydrogen-bond donors (Lipinski definition) is 1. The van der Waals surface area contributed by atoms with E-state index in [0.29, 0.717) is 30.4 Å². The highest BCUT2D eigenvalue weighted by Gasteiger charge is 2.22. The maximum Gasteiger partial charge on any atom is 0.203 e. The van der Waals surface area contributed by atoms with Gasteiger partial charge in [-0.3, -0.25) is 4.90 Å². The lowest BCUT2D eigenvalue weighted by atomic mass is 10.1. The molecule has 6 nitrogen and oxygen atoms in total. The summed E-state index contributed by atoms with van der Waals surface area (Å²) in [5, 5.41) is 0. The topological polar surface area (TPSA) is 66.2 Å². The minimum Gasteiger partial charge on any atom is -0.493 e. The van der Waals surface area contributed by atoms with Crippen molar-refractivity contribution in [2.24, 2.45) is 5.73 Å². The van der Waals surface area contributed by atoms with E-state index in [-0.39, 0.29) is 6.10 Å². The molecular formula is C15H24N2O4. The van der Waals surface area contributed by atoms with Crippen molar-refractivity contribution in [2.75, 3.05) is 47.6 Å². The lowest BCUT2D eigenvalue weighted by Gasteiger charge is -2.32. The van der Waals surface area contributed by atoms with Crippen LogP contribution < -0.4 is 19.9 Å². The van der Waals surface area contributed by atoms with Gasteiger partial charge in [-0.1, -0.05) is 6.07 Å². The monoisotopic (exact) mass is 296 g/mol. The van der Waals surface area contributed by atoms with Crippen LogP contribution in [0.4, 0.5) is 0 Å². The molecule has 0 amide bonds. The minimum atomic E-state index is 0.102. The molecule has 118 valence electrons. The summed E-state index contributed by atoms with van der Waals surface area (Å²) in [4.78, 5) is 2.31. The van der Waals surface area contributed by atoms with E-state index < -0.39 is 0 Å². The summed E-state index contributed by atoms with van der Waals surface area (Å²) >= 11 is 0. The molecule has 1 aromatic carbocycles. The van der Waals surface area contributed by atoms with Crippen LogP contribution in [0, 0.1) is 0 Å². The Hall–Kier alpha value is -1.50. The second-order valence-electron chi connectivity index (χ2n) is 4.96. The molecule has 1 fully saturated rings. The maximum absolute atomic E-state index is 5.69. The molecule has 1 heterocycles. The molecule has 1 atom stereocenters. The fourth-order valence-electron chi connectivity index (χ4n) is 2.60. The van der Waals surface area contributed by atoms with Crippen LogP contribution in [0.5, 0.6) is 17.2 Å². The van der Waals surface area contributed by atoms with Crippen LogP contribution in [0.15, 0.2) is 12.1 Å². The molecule has 0 spiro atoms. The summed E-state index contributed by atoms with van der Waals surface area (Å²) in [5.74, 6) is 2.01. The number of benzene rings is 1. The van der Waals surface area contributed by atoms with Gasteiger partial charge in [0.2, 0.25) is 5.75 Å². The van der Waals surface area contributed by atoms with Gasteiger partial charge in [-0.2, -0.15) is 0 Å². The van der Waals surface area contributed by atoms with Crippen molar-refractivity contribution in [1.29, 1.82) is 0 Å². The molecule has 6 heteroatoms. The van der Waals surface area contributed by atoms with Crippen molar-refractivity contribution in [2.45, 2.75) is 12.6 Å². The first kappa shape index (κ1) is 15.9. The van der Waals surface area contributed by atoms with Gasteiger partial charge in [0.1, 0.15) is 0 Å². The first-order chi connectivity index (χ1) is 10.2. The molecule has 2 N–H and O–H groups in total. The average Bonchev–Trinajstić information content (AvgIpc) is 2.54. The summed E-state index contributed by atoms with van der Waals surface area (Å²) < 4.78 is 21.8. The third-order valence-electron chi connectivity index (χ3n) is 3.67. The number of nitrogens with zero attached hydrogens (tertiary/aromatic N) is 1. The molecule has 0 radical (unpaired) electrons. The highest BCUT2D eigenvalue weighted by molar-refractivity contribution is 5.55. The van der Waals surface area contributed by atoms with Crippen LogP contribution in [-0.4, -0.2) is 58.6 Å². The van der Waals surface area contributed by atoms with E-state index in [9.17, 15) is 0 Å². The molecule has 21 heavy (non-hydrogen) atoms. The molecule has 0 saturated carbocycles. The zero-order valence-electron chi connectivity index (χ0n) is 12.9. The van der Waals surface area contributed by atoms with Gasteiger partial charge >= 0.3 is 0 Å². The van der Waals surface area contributed by atoms with E-state index in [0.717, 1.165) is 25.2 Å². The molecule has 0 aromatic heterocycles. The van der Waals surface area contributed by atoms with Crippen LogP contribution in [0.1, 0.15) is 5.56 Å². The van der Waals surface area contributed by atoms with E-state index in [1.807, 2.05) is 12.1 Å². The average molecular weight is 296 g/mol. The standard InChI is InChI=1S/C15H24N2O4/c1-18-13-5-4-11(14(19-2)15(13)20-3)9-17-6-7-21-12(8-16)10-17/h4-5,12H,6-10,16H2,1-3H3. The Bertz CT molecular complexity index is 467. The van der Waals surface area contributed by atoms with Gasteiger partial charge in [0.25, 0.3) is 0 Å².